The minimum Gasteiger partial charge on any atom is -0.297 e. The molecule has 10 heteroatoms. The Balaban J connectivity index is 1.71. The number of benzene rings is 2. The van der Waals surface area contributed by atoms with E-state index < -0.39 is 10.8 Å². The predicted octanol–water partition coefficient (Wildman–Crippen LogP) is 5.49. The molecule has 3 aromatic rings. The first-order chi connectivity index (χ1) is 14.4. The average molecular weight is 459 g/mol. The molecule has 0 radical (unpaired) electrons. The number of nitrogens with one attached hydrogen (secondary N) is 1. The Labute approximate surface area is 185 Å². The minimum absolute atomic E-state index is 0.0785. The summed E-state index contributed by atoms with van der Waals surface area (Å²) in [5.41, 5.74) is 1.09. The van der Waals surface area contributed by atoms with Crippen LogP contribution in [0.4, 0.5) is 10.8 Å². The van der Waals surface area contributed by atoms with Crippen LogP contribution in [0.15, 0.2) is 54.2 Å². The maximum Gasteiger partial charge on any atom is 0.269 e. The van der Waals surface area contributed by atoms with Gasteiger partial charge in [-0.1, -0.05) is 35.3 Å². The molecule has 2 aromatic carbocycles. The van der Waals surface area contributed by atoms with Crippen LogP contribution in [0, 0.1) is 21.4 Å². The normalized spacial score (nSPS) is 11.0. The highest BCUT2D eigenvalue weighted by atomic mass is 35.5. The SMILES string of the molecule is N#CC(=Cc1ccc([N+](=O)[O-])cc1)C(=O)Nc1ncc(Cc2cccc(Cl)c2Cl)s1. The zero-order valence-corrected chi connectivity index (χ0v) is 17.5. The Morgan fingerprint density at radius 2 is 2.00 bits per heavy atom. The Morgan fingerprint density at radius 1 is 1.27 bits per heavy atom. The van der Waals surface area contributed by atoms with Gasteiger partial charge in [0.1, 0.15) is 11.6 Å². The number of carbonyl (C=O) groups excluding carboxylic acids is 1. The molecule has 30 heavy (non-hydrogen) atoms. The number of thiazole rings is 1. The highest BCUT2D eigenvalue weighted by molar-refractivity contribution is 7.15. The van der Waals surface area contributed by atoms with E-state index in [1.165, 1.54) is 41.7 Å². The maximum absolute atomic E-state index is 12.4. The quantitative estimate of drug-likeness (QED) is 0.227. The summed E-state index contributed by atoms with van der Waals surface area (Å²) in [7, 11) is 0. The van der Waals surface area contributed by atoms with Crippen LogP contribution in [0.5, 0.6) is 0 Å². The summed E-state index contributed by atoms with van der Waals surface area (Å²) in [6.07, 6.45) is 3.46. The maximum atomic E-state index is 12.4. The number of non-ortho nitro benzene ring substituents is 1. The largest absolute Gasteiger partial charge is 0.297 e. The van der Waals surface area contributed by atoms with Gasteiger partial charge in [0.15, 0.2) is 5.13 Å². The van der Waals surface area contributed by atoms with Crippen LogP contribution in [-0.4, -0.2) is 15.8 Å². The van der Waals surface area contributed by atoms with Crippen molar-refractivity contribution in [2.24, 2.45) is 0 Å². The van der Waals surface area contributed by atoms with Gasteiger partial charge in [-0.2, -0.15) is 5.26 Å². The molecule has 1 aromatic heterocycles. The number of amides is 1. The number of aromatic nitrogens is 1. The third-order valence-electron chi connectivity index (χ3n) is 3.95. The second-order valence-corrected chi connectivity index (χ2v) is 7.89. The lowest BCUT2D eigenvalue weighted by Gasteiger charge is -2.03. The van der Waals surface area contributed by atoms with Crippen molar-refractivity contribution in [3.63, 3.8) is 0 Å². The highest BCUT2D eigenvalue weighted by Gasteiger charge is 2.14. The lowest BCUT2D eigenvalue weighted by molar-refractivity contribution is -0.384. The molecule has 1 heterocycles. The zero-order valence-electron chi connectivity index (χ0n) is 15.1. The predicted molar refractivity (Wildman–Crippen MR) is 117 cm³/mol. The van der Waals surface area contributed by atoms with Crippen LogP contribution in [-0.2, 0) is 11.2 Å². The topological polar surface area (TPSA) is 109 Å². The number of nitriles is 1. The number of halogens is 2. The van der Waals surface area contributed by atoms with Crippen molar-refractivity contribution < 1.29 is 9.72 Å². The lowest BCUT2D eigenvalue weighted by Crippen LogP contribution is -2.13. The molecule has 0 atom stereocenters. The number of hydrogen-bond acceptors (Lipinski definition) is 6. The molecular weight excluding hydrogens is 447 g/mol. The number of nitrogens with zero attached hydrogens (tertiary/aromatic N) is 3. The number of nitro benzene ring substituents is 1. The fraction of sp³-hybridized carbons (Fsp3) is 0.0500. The lowest BCUT2D eigenvalue weighted by atomic mass is 10.1. The van der Waals surface area contributed by atoms with E-state index in [9.17, 15) is 20.2 Å². The number of rotatable bonds is 6. The van der Waals surface area contributed by atoms with Crippen molar-refractivity contribution in [1.29, 1.82) is 5.26 Å². The Bertz CT molecular complexity index is 1180. The summed E-state index contributed by atoms with van der Waals surface area (Å²) in [5.74, 6) is -0.627. The highest BCUT2D eigenvalue weighted by Crippen LogP contribution is 2.29. The monoisotopic (exact) mass is 458 g/mol. The van der Waals surface area contributed by atoms with Crippen LogP contribution in [0.1, 0.15) is 16.0 Å². The molecule has 0 spiro atoms. The molecule has 0 unspecified atom stereocenters. The fourth-order valence-corrected chi connectivity index (χ4v) is 3.71. The van der Waals surface area contributed by atoms with Crippen molar-refractivity contribution in [3.05, 3.63) is 90.4 Å². The van der Waals surface area contributed by atoms with E-state index in [0.717, 1.165) is 10.4 Å². The number of carbonyl (C=O) groups is 1. The molecule has 1 N–H and O–H groups in total. The van der Waals surface area contributed by atoms with Gasteiger partial charge >= 0.3 is 0 Å². The summed E-state index contributed by atoms with van der Waals surface area (Å²) in [5, 5.41) is 23.9. The molecule has 150 valence electrons. The molecule has 0 fully saturated rings. The van der Waals surface area contributed by atoms with Gasteiger partial charge in [-0.3, -0.25) is 20.2 Å². The van der Waals surface area contributed by atoms with E-state index in [0.29, 0.717) is 27.2 Å². The first kappa shape index (κ1) is 21.5. The molecule has 0 saturated heterocycles. The van der Waals surface area contributed by atoms with E-state index >= 15 is 0 Å². The molecule has 7 nitrogen and oxygen atoms in total. The standard InChI is InChI=1S/C20H12Cl2N4O3S/c21-17-3-1-2-13(18(17)22)9-16-11-24-20(30-16)25-19(27)14(10-23)8-12-4-6-15(7-5-12)26(28)29/h1-8,11H,9H2,(H,24,25,27). The molecule has 1 amide bonds. The van der Waals surface area contributed by atoms with Crippen molar-refractivity contribution in [3.8, 4) is 6.07 Å². The summed E-state index contributed by atoms with van der Waals surface area (Å²) in [4.78, 5) is 27.6. The van der Waals surface area contributed by atoms with Crippen molar-refractivity contribution in [2.45, 2.75) is 6.42 Å². The Hall–Kier alpha value is -3.25. The number of anilines is 1. The van der Waals surface area contributed by atoms with Crippen LogP contribution in [0.2, 0.25) is 10.0 Å². The molecule has 0 bridgehead atoms. The summed E-state index contributed by atoms with van der Waals surface area (Å²) in [6.45, 7) is 0. The van der Waals surface area contributed by atoms with E-state index in [1.807, 2.05) is 12.1 Å². The smallest absolute Gasteiger partial charge is 0.269 e. The third-order valence-corrected chi connectivity index (χ3v) is 5.72. The third kappa shape index (κ3) is 5.21. The number of hydrogen-bond donors (Lipinski definition) is 1. The van der Waals surface area contributed by atoms with Crippen LogP contribution in [0.3, 0.4) is 0 Å². The van der Waals surface area contributed by atoms with Crippen LogP contribution < -0.4 is 5.32 Å². The van der Waals surface area contributed by atoms with Crippen LogP contribution in [0.25, 0.3) is 6.08 Å². The molecule has 0 saturated carbocycles. The average Bonchev–Trinajstić information content (AvgIpc) is 3.16. The van der Waals surface area contributed by atoms with E-state index in [2.05, 4.69) is 10.3 Å². The Morgan fingerprint density at radius 3 is 2.67 bits per heavy atom. The van der Waals surface area contributed by atoms with Gasteiger partial charge in [0, 0.05) is 29.6 Å². The number of nitro groups is 1. The first-order valence-corrected chi connectivity index (χ1v) is 10.00. The van der Waals surface area contributed by atoms with Gasteiger partial charge in [0.25, 0.3) is 11.6 Å². The molecule has 0 aliphatic heterocycles. The van der Waals surface area contributed by atoms with E-state index in [1.54, 1.807) is 18.3 Å². The summed E-state index contributed by atoms with van der Waals surface area (Å²) >= 11 is 13.5. The van der Waals surface area contributed by atoms with E-state index in [4.69, 9.17) is 23.2 Å². The summed E-state index contributed by atoms with van der Waals surface area (Å²) < 4.78 is 0. The van der Waals surface area contributed by atoms with Gasteiger partial charge in [-0.25, -0.2) is 4.98 Å². The van der Waals surface area contributed by atoms with Crippen molar-refractivity contribution >= 4 is 57.3 Å². The van der Waals surface area contributed by atoms with Gasteiger partial charge < -0.3 is 0 Å². The molecule has 0 aliphatic carbocycles. The van der Waals surface area contributed by atoms with Crippen LogP contribution >= 0.6 is 34.5 Å². The van der Waals surface area contributed by atoms with Crippen molar-refractivity contribution in [2.75, 3.05) is 5.32 Å². The summed E-state index contributed by atoms with van der Waals surface area (Å²) in [6, 6.07) is 12.7. The van der Waals surface area contributed by atoms with Gasteiger partial charge in [-0.15, -0.1) is 11.3 Å². The van der Waals surface area contributed by atoms with Gasteiger partial charge in [0.2, 0.25) is 0 Å². The zero-order chi connectivity index (χ0) is 21.7. The fourth-order valence-electron chi connectivity index (χ4n) is 2.49. The van der Waals surface area contributed by atoms with E-state index in [-0.39, 0.29) is 11.3 Å². The van der Waals surface area contributed by atoms with Gasteiger partial charge in [-0.05, 0) is 35.4 Å². The molecule has 0 aliphatic rings. The minimum atomic E-state index is -0.627. The second kappa shape index (κ2) is 9.50. The molecule has 3 rings (SSSR count). The van der Waals surface area contributed by atoms with Gasteiger partial charge in [0.05, 0.1) is 15.0 Å². The first-order valence-electron chi connectivity index (χ1n) is 8.42. The van der Waals surface area contributed by atoms with Crippen molar-refractivity contribution in [1.82, 2.24) is 4.98 Å². The second-order valence-electron chi connectivity index (χ2n) is 5.99. The molecular formula is C20H12Cl2N4O3S. The Kier molecular flexibility index (Phi) is 6.79.